The van der Waals surface area contributed by atoms with Crippen LogP contribution in [0, 0.1) is 6.92 Å². The first-order chi connectivity index (χ1) is 9.94. The first-order valence-electron chi connectivity index (χ1n) is 6.45. The van der Waals surface area contributed by atoms with Crippen molar-refractivity contribution in [1.29, 1.82) is 0 Å². The summed E-state index contributed by atoms with van der Waals surface area (Å²) in [4.78, 5) is 4.17. The summed E-state index contributed by atoms with van der Waals surface area (Å²) in [6, 6.07) is 0. The van der Waals surface area contributed by atoms with Gasteiger partial charge in [-0.15, -0.1) is 0 Å². The van der Waals surface area contributed by atoms with Gasteiger partial charge in [0.25, 0.3) is 0 Å². The number of nitrogens with two attached hydrogens (primary N) is 1. The standard InChI is InChI=1S/C11H17N5O3S2/c1-3-6-21(17,18)9-10(12)16-20-11(9)13-5-4-8-14-7(2)15-19-8/h13H,3-6H2,1-2H3,(H2,12,16). The number of nitrogen functional groups attached to an aromatic ring is 1. The van der Waals surface area contributed by atoms with E-state index in [4.69, 9.17) is 10.3 Å². The third kappa shape index (κ3) is 3.70. The number of sulfone groups is 1. The molecule has 0 amide bonds. The average molecular weight is 331 g/mol. The summed E-state index contributed by atoms with van der Waals surface area (Å²) in [5.41, 5.74) is 5.68. The van der Waals surface area contributed by atoms with Crippen molar-refractivity contribution in [3.63, 3.8) is 0 Å². The Labute approximate surface area is 126 Å². The minimum Gasteiger partial charge on any atom is -0.382 e. The molecule has 0 fully saturated rings. The predicted octanol–water partition coefficient (Wildman–Crippen LogP) is 1.26. The van der Waals surface area contributed by atoms with Crippen LogP contribution < -0.4 is 11.1 Å². The SMILES string of the molecule is CCCS(=O)(=O)c1c(N)nsc1NCCc1nc(C)no1. The van der Waals surface area contributed by atoms with Gasteiger partial charge in [-0.3, -0.25) is 0 Å². The molecule has 0 radical (unpaired) electrons. The van der Waals surface area contributed by atoms with Crippen molar-refractivity contribution < 1.29 is 12.9 Å². The molecule has 2 aromatic rings. The normalized spacial score (nSPS) is 11.7. The second-order valence-corrected chi connectivity index (χ2v) is 7.28. The monoisotopic (exact) mass is 331 g/mol. The van der Waals surface area contributed by atoms with Gasteiger partial charge in [0, 0.05) is 13.0 Å². The second-order valence-electron chi connectivity index (χ2n) is 4.46. The number of rotatable bonds is 7. The molecule has 0 atom stereocenters. The number of nitrogens with zero attached hydrogens (tertiary/aromatic N) is 3. The van der Waals surface area contributed by atoms with Crippen LogP contribution in [0.4, 0.5) is 10.8 Å². The number of aromatic nitrogens is 3. The zero-order chi connectivity index (χ0) is 15.5. The summed E-state index contributed by atoms with van der Waals surface area (Å²) in [6.07, 6.45) is 1.02. The van der Waals surface area contributed by atoms with E-state index in [1.165, 1.54) is 0 Å². The van der Waals surface area contributed by atoms with Crippen LogP contribution in [0.3, 0.4) is 0 Å². The van der Waals surface area contributed by atoms with Crippen molar-refractivity contribution in [1.82, 2.24) is 14.5 Å². The van der Waals surface area contributed by atoms with Gasteiger partial charge in [-0.1, -0.05) is 12.1 Å². The van der Waals surface area contributed by atoms with Crippen LogP contribution in [0.5, 0.6) is 0 Å². The zero-order valence-electron chi connectivity index (χ0n) is 11.8. The number of nitrogens with one attached hydrogen (secondary N) is 1. The molecule has 3 N–H and O–H groups in total. The number of hydrogen-bond donors (Lipinski definition) is 2. The van der Waals surface area contributed by atoms with Gasteiger partial charge in [-0.2, -0.15) is 9.36 Å². The maximum atomic E-state index is 12.2. The van der Waals surface area contributed by atoms with E-state index in [1.807, 2.05) is 0 Å². The van der Waals surface area contributed by atoms with Crippen molar-refractivity contribution >= 4 is 32.2 Å². The van der Waals surface area contributed by atoms with E-state index in [-0.39, 0.29) is 16.5 Å². The molecular weight excluding hydrogens is 314 g/mol. The fourth-order valence-electron chi connectivity index (χ4n) is 1.80. The molecular formula is C11H17N5O3S2. The lowest BCUT2D eigenvalue weighted by Crippen LogP contribution is -2.12. The Kier molecular flexibility index (Phi) is 4.78. The minimum absolute atomic E-state index is 0.0459. The van der Waals surface area contributed by atoms with Gasteiger partial charge in [-0.25, -0.2) is 8.42 Å². The number of hydrogen-bond acceptors (Lipinski definition) is 9. The fraction of sp³-hybridized carbons (Fsp3) is 0.545. The Morgan fingerprint density at radius 3 is 2.81 bits per heavy atom. The Morgan fingerprint density at radius 1 is 1.43 bits per heavy atom. The summed E-state index contributed by atoms with van der Waals surface area (Å²) in [7, 11) is -3.41. The molecule has 0 aliphatic rings. The molecule has 21 heavy (non-hydrogen) atoms. The van der Waals surface area contributed by atoms with Crippen molar-refractivity contribution in [3.05, 3.63) is 11.7 Å². The highest BCUT2D eigenvalue weighted by Gasteiger charge is 2.24. The lowest BCUT2D eigenvalue weighted by atomic mass is 10.4. The lowest BCUT2D eigenvalue weighted by Gasteiger charge is -2.06. The van der Waals surface area contributed by atoms with E-state index in [2.05, 4.69) is 19.8 Å². The van der Waals surface area contributed by atoms with Gasteiger partial charge >= 0.3 is 0 Å². The van der Waals surface area contributed by atoms with Crippen LogP contribution in [0.15, 0.2) is 9.42 Å². The van der Waals surface area contributed by atoms with Gasteiger partial charge in [-0.05, 0) is 24.9 Å². The smallest absolute Gasteiger partial charge is 0.228 e. The first-order valence-corrected chi connectivity index (χ1v) is 8.87. The molecule has 0 unspecified atom stereocenters. The maximum absolute atomic E-state index is 12.2. The molecule has 0 saturated carbocycles. The summed E-state index contributed by atoms with van der Waals surface area (Å²) in [5, 5.41) is 7.17. The van der Waals surface area contributed by atoms with Gasteiger partial charge in [0.05, 0.1) is 5.75 Å². The molecule has 0 aromatic carbocycles. The van der Waals surface area contributed by atoms with E-state index in [0.717, 1.165) is 11.5 Å². The molecule has 0 spiro atoms. The van der Waals surface area contributed by atoms with Crippen LogP contribution in [-0.4, -0.2) is 35.2 Å². The van der Waals surface area contributed by atoms with Crippen LogP contribution >= 0.6 is 11.5 Å². The highest BCUT2D eigenvalue weighted by atomic mass is 32.2. The van der Waals surface area contributed by atoms with Gasteiger partial charge in [0.1, 0.15) is 9.90 Å². The van der Waals surface area contributed by atoms with Crippen molar-refractivity contribution in [3.8, 4) is 0 Å². The quantitative estimate of drug-likeness (QED) is 0.777. The summed E-state index contributed by atoms with van der Waals surface area (Å²) in [6.45, 7) is 4.00. The molecule has 116 valence electrons. The topological polar surface area (TPSA) is 124 Å². The van der Waals surface area contributed by atoms with Crippen molar-refractivity contribution in [2.75, 3.05) is 23.3 Å². The fourth-order valence-corrected chi connectivity index (χ4v) is 4.45. The Balaban J connectivity index is 2.07. The van der Waals surface area contributed by atoms with Crippen molar-refractivity contribution in [2.45, 2.75) is 31.6 Å². The van der Waals surface area contributed by atoms with Gasteiger partial charge in [0.2, 0.25) is 5.89 Å². The molecule has 2 aromatic heterocycles. The van der Waals surface area contributed by atoms with E-state index < -0.39 is 9.84 Å². The highest BCUT2D eigenvalue weighted by Crippen LogP contribution is 2.32. The zero-order valence-corrected chi connectivity index (χ0v) is 13.4. The van der Waals surface area contributed by atoms with E-state index in [0.29, 0.717) is 36.1 Å². The van der Waals surface area contributed by atoms with Crippen LogP contribution in [-0.2, 0) is 16.3 Å². The Hall–Kier alpha value is -1.68. The summed E-state index contributed by atoms with van der Waals surface area (Å²) in [5.74, 6) is 1.16. The molecule has 0 bridgehead atoms. The van der Waals surface area contributed by atoms with Gasteiger partial charge in [0.15, 0.2) is 21.5 Å². The Morgan fingerprint density at radius 2 is 2.19 bits per heavy atom. The Bertz CT molecular complexity index is 707. The number of anilines is 2. The largest absolute Gasteiger partial charge is 0.382 e. The van der Waals surface area contributed by atoms with E-state index >= 15 is 0 Å². The predicted molar refractivity (Wildman–Crippen MR) is 80.1 cm³/mol. The van der Waals surface area contributed by atoms with E-state index in [1.54, 1.807) is 13.8 Å². The maximum Gasteiger partial charge on any atom is 0.228 e. The molecule has 2 rings (SSSR count). The molecule has 0 saturated heterocycles. The summed E-state index contributed by atoms with van der Waals surface area (Å²) >= 11 is 1.04. The number of aryl methyl sites for hydroxylation is 1. The van der Waals surface area contributed by atoms with Gasteiger partial charge < -0.3 is 15.6 Å². The first kappa shape index (κ1) is 15.7. The molecule has 10 heteroatoms. The third-order valence-corrected chi connectivity index (χ3v) is 5.58. The molecule has 8 nitrogen and oxygen atoms in total. The van der Waals surface area contributed by atoms with Crippen LogP contribution in [0.25, 0.3) is 0 Å². The molecule has 0 aliphatic heterocycles. The summed E-state index contributed by atoms with van der Waals surface area (Å²) < 4.78 is 33.3. The molecule has 2 heterocycles. The highest BCUT2D eigenvalue weighted by molar-refractivity contribution is 7.91. The van der Waals surface area contributed by atoms with E-state index in [9.17, 15) is 8.42 Å². The van der Waals surface area contributed by atoms with Crippen molar-refractivity contribution in [2.24, 2.45) is 0 Å². The minimum atomic E-state index is -3.41. The van der Waals surface area contributed by atoms with Crippen LogP contribution in [0.2, 0.25) is 0 Å². The second kappa shape index (κ2) is 6.39. The lowest BCUT2D eigenvalue weighted by molar-refractivity contribution is 0.377. The molecule has 0 aliphatic carbocycles. The average Bonchev–Trinajstić information content (AvgIpc) is 2.96. The third-order valence-electron chi connectivity index (χ3n) is 2.65. The van der Waals surface area contributed by atoms with Crippen LogP contribution in [0.1, 0.15) is 25.1 Å².